The molecule has 2 N–H and O–H groups in total. The Bertz CT molecular complexity index is 893. The number of thioether (sulfide) groups is 1. The number of benzene rings is 1. The molecule has 26 heavy (non-hydrogen) atoms. The highest BCUT2D eigenvalue weighted by Crippen LogP contribution is 2.33. The molecule has 0 amide bonds. The van der Waals surface area contributed by atoms with Crippen LogP contribution in [0.2, 0.25) is 0 Å². The molecule has 0 aliphatic carbocycles. The largest absolute Gasteiger partial charge is 0.389 e. The average molecular weight is 387 g/mol. The maximum atomic E-state index is 10.1. The highest BCUT2D eigenvalue weighted by Gasteiger charge is 2.15. The summed E-state index contributed by atoms with van der Waals surface area (Å²) in [5.41, 5.74) is 3.43. The minimum Gasteiger partial charge on any atom is -0.389 e. The second-order valence-electron chi connectivity index (χ2n) is 6.22. The van der Waals surface area contributed by atoms with Crippen LogP contribution in [0.1, 0.15) is 32.4 Å². The first kappa shape index (κ1) is 18.8. The molecule has 3 rings (SSSR count). The summed E-state index contributed by atoms with van der Waals surface area (Å²) in [6.45, 7) is 5.94. The summed E-state index contributed by atoms with van der Waals surface area (Å²) in [7, 11) is 0. The van der Waals surface area contributed by atoms with Crippen LogP contribution in [0.3, 0.4) is 0 Å². The summed E-state index contributed by atoms with van der Waals surface area (Å²) < 4.78 is 0. The van der Waals surface area contributed by atoms with Crippen LogP contribution in [0.25, 0.3) is 21.8 Å². The van der Waals surface area contributed by atoms with Crippen LogP contribution >= 0.6 is 23.1 Å². The summed E-state index contributed by atoms with van der Waals surface area (Å²) in [5.74, 6) is 0. The summed E-state index contributed by atoms with van der Waals surface area (Å²) in [5, 5.41) is 15.0. The molecule has 7 heteroatoms. The van der Waals surface area contributed by atoms with E-state index in [1.54, 1.807) is 18.3 Å². The molecule has 0 spiro atoms. The van der Waals surface area contributed by atoms with Crippen LogP contribution in [0.5, 0.6) is 0 Å². The van der Waals surface area contributed by atoms with Gasteiger partial charge in [-0.25, -0.2) is 15.0 Å². The molecule has 0 aliphatic heterocycles. The third-order valence-corrected chi connectivity index (χ3v) is 5.24. The molecular formula is C19H22N4OS2. The Hall–Kier alpha value is -1.96. The third-order valence-electron chi connectivity index (χ3n) is 3.75. The van der Waals surface area contributed by atoms with Crippen LogP contribution in [0.4, 0.5) is 5.13 Å². The Morgan fingerprint density at radius 1 is 1.12 bits per heavy atom. The molecule has 0 saturated heterocycles. The number of hydrogen-bond donors (Lipinski definition) is 2. The molecule has 1 atom stereocenters. The van der Waals surface area contributed by atoms with Crippen LogP contribution in [-0.2, 0) is 0 Å². The van der Waals surface area contributed by atoms with E-state index in [2.05, 4.69) is 34.1 Å². The fourth-order valence-electron chi connectivity index (χ4n) is 2.58. The van der Waals surface area contributed by atoms with Crippen LogP contribution in [0.15, 0.2) is 41.7 Å². The Kier molecular flexibility index (Phi) is 5.90. The first-order valence-electron chi connectivity index (χ1n) is 8.41. The number of nitrogens with one attached hydrogen (secondary N) is 1. The third kappa shape index (κ3) is 4.23. The van der Waals surface area contributed by atoms with Crippen molar-refractivity contribution in [3.8, 4) is 21.8 Å². The SMILES string of the molecule is CSc1nc(-c2cnc(NC(C)C)s2)cc(-c2ccccc2C(C)O)n1. The number of aliphatic hydroxyl groups is 1. The Morgan fingerprint density at radius 3 is 2.54 bits per heavy atom. The smallest absolute Gasteiger partial charge is 0.188 e. The maximum absolute atomic E-state index is 10.1. The highest BCUT2D eigenvalue weighted by atomic mass is 32.2. The summed E-state index contributed by atoms with van der Waals surface area (Å²) in [6, 6.07) is 10.1. The van der Waals surface area contributed by atoms with E-state index in [1.165, 1.54) is 11.8 Å². The lowest BCUT2D eigenvalue weighted by Gasteiger charge is -2.12. The lowest BCUT2D eigenvalue weighted by molar-refractivity contribution is 0.200. The van der Waals surface area contributed by atoms with E-state index in [-0.39, 0.29) is 0 Å². The van der Waals surface area contributed by atoms with Gasteiger partial charge in [-0.1, -0.05) is 47.4 Å². The first-order chi connectivity index (χ1) is 12.5. The highest BCUT2D eigenvalue weighted by molar-refractivity contribution is 7.98. The van der Waals surface area contributed by atoms with Crippen LogP contribution < -0.4 is 5.32 Å². The second-order valence-corrected chi connectivity index (χ2v) is 8.02. The number of nitrogens with zero attached hydrogens (tertiary/aromatic N) is 3. The van der Waals surface area contributed by atoms with Crippen molar-refractivity contribution in [3.05, 3.63) is 42.1 Å². The van der Waals surface area contributed by atoms with Crippen molar-refractivity contribution in [2.45, 2.75) is 38.1 Å². The number of anilines is 1. The first-order valence-corrected chi connectivity index (χ1v) is 10.4. The minimum absolute atomic E-state index is 0.328. The van der Waals surface area contributed by atoms with Crippen molar-refractivity contribution in [2.24, 2.45) is 0 Å². The number of rotatable bonds is 6. The molecule has 1 aromatic carbocycles. The molecule has 0 radical (unpaired) electrons. The average Bonchev–Trinajstić information content (AvgIpc) is 3.09. The number of thiazole rings is 1. The summed E-state index contributed by atoms with van der Waals surface area (Å²) in [4.78, 5) is 14.7. The van der Waals surface area contributed by atoms with Gasteiger partial charge in [-0.05, 0) is 38.7 Å². The van der Waals surface area contributed by atoms with Gasteiger partial charge in [0.15, 0.2) is 10.3 Å². The Labute approximate surface area is 162 Å². The van der Waals surface area contributed by atoms with Gasteiger partial charge in [-0.15, -0.1) is 0 Å². The lowest BCUT2D eigenvalue weighted by atomic mass is 10.00. The number of aromatic nitrogens is 3. The molecule has 2 aromatic heterocycles. The number of aliphatic hydroxyl groups excluding tert-OH is 1. The van der Waals surface area contributed by atoms with Crippen molar-refractivity contribution in [2.75, 3.05) is 11.6 Å². The van der Waals surface area contributed by atoms with Crippen LogP contribution in [-0.4, -0.2) is 32.4 Å². The molecule has 5 nitrogen and oxygen atoms in total. The molecule has 2 heterocycles. The van der Waals surface area contributed by atoms with Crippen molar-refractivity contribution >= 4 is 28.2 Å². The standard InChI is InChI=1S/C19H22N4OS2/c1-11(2)21-18-20-10-17(26-18)16-9-15(22-19(23-16)25-4)14-8-6-5-7-13(14)12(3)24/h5-12,24H,1-4H3,(H,20,21). The van der Waals surface area contributed by atoms with E-state index in [0.29, 0.717) is 11.2 Å². The normalized spacial score (nSPS) is 12.4. The van der Waals surface area contributed by atoms with Crippen molar-refractivity contribution in [1.29, 1.82) is 0 Å². The monoisotopic (exact) mass is 386 g/mol. The summed E-state index contributed by atoms with van der Waals surface area (Å²) in [6.07, 6.45) is 3.24. The molecular weight excluding hydrogens is 364 g/mol. The predicted octanol–water partition coefficient (Wildman–Crippen LogP) is 4.86. The predicted molar refractivity (Wildman–Crippen MR) is 110 cm³/mol. The quantitative estimate of drug-likeness (QED) is 0.465. The van der Waals surface area contributed by atoms with E-state index in [4.69, 9.17) is 0 Å². The van der Waals surface area contributed by atoms with Crippen molar-refractivity contribution in [1.82, 2.24) is 15.0 Å². The van der Waals surface area contributed by atoms with Gasteiger partial charge in [-0.2, -0.15) is 0 Å². The van der Waals surface area contributed by atoms with E-state index < -0.39 is 6.10 Å². The molecule has 0 fully saturated rings. The molecule has 1 unspecified atom stereocenters. The van der Waals surface area contributed by atoms with E-state index in [1.807, 2.05) is 42.8 Å². The van der Waals surface area contributed by atoms with E-state index in [0.717, 1.165) is 32.5 Å². The Balaban J connectivity index is 2.07. The number of hydrogen-bond acceptors (Lipinski definition) is 7. The van der Waals surface area contributed by atoms with Gasteiger partial charge in [0.2, 0.25) is 0 Å². The van der Waals surface area contributed by atoms with E-state index in [9.17, 15) is 5.11 Å². The maximum Gasteiger partial charge on any atom is 0.188 e. The molecule has 0 bridgehead atoms. The van der Waals surface area contributed by atoms with Gasteiger partial charge in [0.05, 0.1) is 22.4 Å². The lowest BCUT2D eigenvalue weighted by Crippen LogP contribution is -2.08. The fraction of sp³-hybridized carbons (Fsp3) is 0.316. The van der Waals surface area contributed by atoms with Crippen molar-refractivity contribution in [3.63, 3.8) is 0 Å². The topological polar surface area (TPSA) is 70.9 Å². The van der Waals surface area contributed by atoms with Gasteiger partial charge in [-0.3, -0.25) is 0 Å². The van der Waals surface area contributed by atoms with Gasteiger partial charge in [0.25, 0.3) is 0 Å². The molecule has 0 aliphatic rings. The summed E-state index contributed by atoms with van der Waals surface area (Å²) >= 11 is 3.08. The van der Waals surface area contributed by atoms with Crippen molar-refractivity contribution < 1.29 is 5.11 Å². The molecule has 136 valence electrons. The van der Waals surface area contributed by atoms with Gasteiger partial charge < -0.3 is 10.4 Å². The van der Waals surface area contributed by atoms with Gasteiger partial charge in [0.1, 0.15) is 0 Å². The van der Waals surface area contributed by atoms with E-state index >= 15 is 0 Å². The zero-order valence-electron chi connectivity index (χ0n) is 15.2. The second kappa shape index (κ2) is 8.16. The zero-order chi connectivity index (χ0) is 18.7. The van der Waals surface area contributed by atoms with Gasteiger partial charge in [0, 0.05) is 17.8 Å². The molecule has 3 aromatic rings. The minimum atomic E-state index is -0.562. The van der Waals surface area contributed by atoms with Crippen LogP contribution in [0, 0.1) is 0 Å². The zero-order valence-corrected chi connectivity index (χ0v) is 16.9. The fourth-order valence-corrected chi connectivity index (χ4v) is 3.88. The Morgan fingerprint density at radius 2 is 1.85 bits per heavy atom. The molecule has 0 saturated carbocycles. The van der Waals surface area contributed by atoms with Gasteiger partial charge >= 0.3 is 0 Å².